The van der Waals surface area contributed by atoms with Crippen LogP contribution in [-0.2, 0) is 6.42 Å². The van der Waals surface area contributed by atoms with Gasteiger partial charge >= 0.3 is 0 Å². The molecule has 2 aromatic carbocycles. The molecule has 1 N–H and O–H groups in total. The third-order valence-corrected chi connectivity index (χ3v) is 3.68. The first-order valence-electron chi connectivity index (χ1n) is 7.33. The molecular weight excluding hydrogens is 246 g/mol. The van der Waals surface area contributed by atoms with Crippen LogP contribution >= 0.6 is 0 Å². The van der Waals surface area contributed by atoms with Crippen molar-refractivity contribution in [3.05, 3.63) is 59.7 Å². The van der Waals surface area contributed by atoms with Crippen LogP contribution in [-0.4, -0.2) is 6.10 Å². The SMILES string of the molecule is CC(C)Oc1cccc(C2CCc3ccccc3N2)c1. The highest BCUT2D eigenvalue weighted by molar-refractivity contribution is 5.55. The zero-order chi connectivity index (χ0) is 13.9. The molecule has 2 aromatic rings. The predicted molar refractivity (Wildman–Crippen MR) is 83.3 cm³/mol. The van der Waals surface area contributed by atoms with E-state index in [1.54, 1.807) is 0 Å². The van der Waals surface area contributed by atoms with E-state index in [1.807, 2.05) is 6.07 Å². The number of para-hydroxylation sites is 1. The van der Waals surface area contributed by atoms with Gasteiger partial charge in [-0.3, -0.25) is 0 Å². The molecule has 1 heterocycles. The predicted octanol–water partition coefficient (Wildman–Crippen LogP) is 4.57. The number of nitrogens with one attached hydrogen (secondary N) is 1. The van der Waals surface area contributed by atoms with E-state index in [0.29, 0.717) is 6.04 Å². The highest BCUT2D eigenvalue weighted by Crippen LogP contribution is 2.33. The fourth-order valence-corrected chi connectivity index (χ4v) is 2.77. The second-order valence-electron chi connectivity index (χ2n) is 5.63. The van der Waals surface area contributed by atoms with Gasteiger partial charge in [0.2, 0.25) is 0 Å². The van der Waals surface area contributed by atoms with Crippen LogP contribution in [0.2, 0.25) is 0 Å². The van der Waals surface area contributed by atoms with Crippen molar-refractivity contribution < 1.29 is 4.74 Å². The Labute approximate surface area is 120 Å². The van der Waals surface area contributed by atoms with Crippen molar-refractivity contribution in [3.63, 3.8) is 0 Å². The average Bonchev–Trinajstić information content (AvgIpc) is 2.46. The first-order valence-corrected chi connectivity index (χ1v) is 7.33. The van der Waals surface area contributed by atoms with E-state index in [0.717, 1.165) is 18.6 Å². The smallest absolute Gasteiger partial charge is 0.120 e. The van der Waals surface area contributed by atoms with Crippen LogP contribution in [0.5, 0.6) is 5.75 Å². The molecule has 104 valence electrons. The number of ether oxygens (including phenoxy) is 1. The summed E-state index contributed by atoms with van der Waals surface area (Å²) in [6, 6.07) is 17.4. The molecule has 2 heteroatoms. The number of benzene rings is 2. The van der Waals surface area contributed by atoms with Gasteiger partial charge in [0.1, 0.15) is 5.75 Å². The van der Waals surface area contributed by atoms with E-state index in [1.165, 1.54) is 16.8 Å². The molecule has 0 saturated carbocycles. The lowest BCUT2D eigenvalue weighted by molar-refractivity contribution is 0.242. The largest absolute Gasteiger partial charge is 0.491 e. The molecule has 0 amide bonds. The lowest BCUT2D eigenvalue weighted by Crippen LogP contribution is -2.18. The summed E-state index contributed by atoms with van der Waals surface area (Å²) in [5.74, 6) is 0.957. The van der Waals surface area contributed by atoms with E-state index < -0.39 is 0 Å². The second-order valence-corrected chi connectivity index (χ2v) is 5.63. The minimum absolute atomic E-state index is 0.213. The zero-order valence-electron chi connectivity index (χ0n) is 12.1. The molecule has 0 bridgehead atoms. The van der Waals surface area contributed by atoms with E-state index in [9.17, 15) is 0 Å². The summed E-state index contributed by atoms with van der Waals surface area (Å²) in [5, 5.41) is 3.64. The highest BCUT2D eigenvalue weighted by atomic mass is 16.5. The molecule has 0 aliphatic carbocycles. The van der Waals surface area contributed by atoms with Gasteiger partial charge in [0.15, 0.2) is 0 Å². The van der Waals surface area contributed by atoms with Gasteiger partial charge in [0, 0.05) is 5.69 Å². The summed E-state index contributed by atoms with van der Waals surface area (Å²) in [7, 11) is 0. The van der Waals surface area contributed by atoms with E-state index in [4.69, 9.17) is 4.74 Å². The van der Waals surface area contributed by atoms with Crippen molar-refractivity contribution >= 4 is 5.69 Å². The molecule has 1 unspecified atom stereocenters. The first-order chi connectivity index (χ1) is 9.72. The third-order valence-electron chi connectivity index (χ3n) is 3.68. The van der Waals surface area contributed by atoms with Crippen molar-refractivity contribution in [2.24, 2.45) is 0 Å². The van der Waals surface area contributed by atoms with Gasteiger partial charge in [-0.15, -0.1) is 0 Å². The highest BCUT2D eigenvalue weighted by Gasteiger charge is 2.19. The minimum atomic E-state index is 0.213. The topological polar surface area (TPSA) is 21.3 Å². The lowest BCUT2D eigenvalue weighted by Gasteiger charge is -2.27. The first kappa shape index (κ1) is 13.0. The lowest BCUT2D eigenvalue weighted by atomic mass is 9.93. The Morgan fingerprint density at radius 1 is 1.10 bits per heavy atom. The van der Waals surface area contributed by atoms with Crippen molar-refractivity contribution in [2.45, 2.75) is 38.8 Å². The summed E-state index contributed by atoms with van der Waals surface area (Å²) < 4.78 is 5.79. The Balaban J connectivity index is 1.81. The molecule has 20 heavy (non-hydrogen) atoms. The van der Waals surface area contributed by atoms with E-state index in [-0.39, 0.29) is 6.10 Å². The van der Waals surface area contributed by atoms with Gasteiger partial charge in [-0.25, -0.2) is 0 Å². The molecule has 1 aliphatic rings. The molecule has 3 rings (SSSR count). The van der Waals surface area contributed by atoms with E-state index >= 15 is 0 Å². The summed E-state index contributed by atoms with van der Waals surface area (Å²) in [6.45, 7) is 4.11. The minimum Gasteiger partial charge on any atom is -0.491 e. The van der Waals surface area contributed by atoms with Gasteiger partial charge in [-0.2, -0.15) is 0 Å². The quantitative estimate of drug-likeness (QED) is 0.879. The maximum Gasteiger partial charge on any atom is 0.120 e. The maximum absolute atomic E-state index is 5.79. The van der Waals surface area contributed by atoms with Gasteiger partial charge in [-0.05, 0) is 56.0 Å². The molecule has 1 atom stereocenters. The number of rotatable bonds is 3. The summed E-state index contributed by atoms with van der Waals surface area (Å²) in [6.07, 6.45) is 2.47. The summed E-state index contributed by atoms with van der Waals surface area (Å²) >= 11 is 0. The van der Waals surface area contributed by atoms with Crippen molar-refractivity contribution in [1.82, 2.24) is 0 Å². The molecule has 0 aromatic heterocycles. The second kappa shape index (κ2) is 5.58. The standard InChI is InChI=1S/C18H21NO/c1-13(2)20-16-8-5-7-15(12-16)18-11-10-14-6-3-4-9-17(14)19-18/h3-9,12-13,18-19H,10-11H2,1-2H3. The van der Waals surface area contributed by atoms with Gasteiger partial charge in [0.05, 0.1) is 12.1 Å². The molecule has 0 spiro atoms. The van der Waals surface area contributed by atoms with E-state index in [2.05, 4.69) is 61.6 Å². The van der Waals surface area contributed by atoms with Crippen molar-refractivity contribution in [1.29, 1.82) is 0 Å². The van der Waals surface area contributed by atoms with Crippen LogP contribution in [0.4, 0.5) is 5.69 Å². The fraction of sp³-hybridized carbons (Fsp3) is 0.333. The Morgan fingerprint density at radius 2 is 1.95 bits per heavy atom. The van der Waals surface area contributed by atoms with Gasteiger partial charge in [-0.1, -0.05) is 30.3 Å². The Kier molecular flexibility index (Phi) is 3.64. The Hall–Kier alpha value is -1.96. The van der Waals surface area contributed by atoms with Gasteiger partial charge in [0.25, 0.3) is 0 Å². The third kappa shape index (κ3) is 2.79. The number of fused-ring (bicyclic) bond motifs is 1. The molecule has 1 aliphatic heterocycles. The summed E-state index contributed by atoms with van der Waals surface area (Å²) in [4.78, 5) is 0. The maximum atomic E-state index is 5.79. The monoisotopic (exact) mass is 267 g/mol. The van der Waals surface area contributed by atoms with Gasteiger partial charge < -0.3 is 10.1 Å². The van der Waals surface area contributed by atoms with Crippen LogP contribution in [0.1, 0.15) is 37.4 Å². The van der Waals surface area contributed by atoms with Crippen LogP contribution in [0, 0.1) is 0 Å². The van der Waals surface area contributed by atoms with Crippen molar-refractivity contribution in [3.8, 4) is 5.75 Å². The number of anilines is 1. The Bertz CT molecular complexity index is 591. The zero-order valence-corrected chi connectivity index (χ0v) is 12.1. The molecular formula is C18H21NO. The van der Waals surface area contributed by atoms with Crippen LogP contribution < -0.4 is 10.1 Å². The number of hydrogen-bond donors (Lipinski definition) is 1. The fourth-order valence-electron chi connectivity index (χ4n) is 2.77. The Morgan fingerprint density at radius 3 is 2.80 bits per heavy atom. The van der Waals surface area contributed by atoms with Crippen molar-refractivity contribution in [2.75, 3.05) is 5.32 Å². The molecule has 2 nitrogen and oxygen atoms in total. The van der Waals surface area contributed by atoms with Crippen LogP contribution in [0.3, 0.4) is 0 Å². The molecule has 0 saturated heterocycles. The molecule has 0 radical (unpaired) electrons. The number of aryl methyl sites for hydroxylation is 1. The van der Waals surface area contributed by atoms with Crippen LogP contribution in [0.15, 0.2) is 48.5 Å². The molecule has 0 fully saturated rings. The van der Waals surface area contributed by atoms with Crippen LogP contribution in [0.25, 0.3) is 0 Å². The number of hydrogen-bond acceptors (Lipinski definition) is 2. The normalized spacial score (nSPS) is 17.4. The summed E-state index contributed by atoms with van der Waals surface area (Å²) in [5.41, 5.74) is 3.98. The average molecular weight is 267 g/mol.